The molecular weight excluding hydrogens is 397 g/mol. The Hall–Kier alpha value is -1.41. The molecule has 1 aromatic carbocycles. The van der Waals surface area contributed by atoms with E-state index >= 15 is 0 Å². The van der Waals surface area contributed by atoms with Crippen molar-refractivity contribution in [1.29, 1.82) is 0 Å². The van der Waals surface area contributed by atoms with Crippen LogP contribution in [0.4, 0.5) is 0 Å². The van der Waals surface area contributed by atoms with Crippen LogP contribution in [0.3, 0.4) is 0 Å². The number of sulfonamides is 1. The van der Waals surface area contributed by atoms with Gasteiger partial charge in [0.25, 0.3) is 5.56 Å². The van der Waals surface area contributed by atoms with Crippen LogP contribution in [0.25, 0.3) is 5.69 Å². The first-order valence-electron chi connectivity index (χ1n) is 7.89. The summed E-state index contributed by atoms with van der Waals surface area (Å²) < 4.78 is 28.1. The number of aromatic nitrogens is 2. The van der Waals surface area contributed by atoms with Crippen LogP contribution in [0.2, 0.25) is 10.0 Å². The zero-order chi connectivity index (χ0) is 19.9. The minimum Gasteiger partial charge on any atom is -0.266 e. The third-order valence-electron chi connectivity index (χ3n) is 4.43. The number of benzene rings is 1. The molecule has 9 heteroatoms. The van der Waals surface area contributed by atoms with E-state index in [1.807, 2.05) is 27.7 Å². The molecule has 26 heavy (non-hydrogen) atoms. The Kier molecular flexibility index (Phi) is 5.87. The van der Waals surface area contributed by atoms with Gasteiger partial charge in [0.05, 0.1) is 21.8 Å². The van der Waals surface area contributed by atoms with Crippen molar-refractivity contribution in [3.05, 3.63) is 50.9 Å². The molecule has 0 amide bonds. The maximum atomic E-state index is 12.8. The lowest BCUT2D eigenvalue weighted by Gasteiger charge is -2.34. The van der Waals surface area contributed by atoms with Gasteiger partial charge in [0.15, 0.2) is 0 Å². The Bertz CT molecular complexity index is 964. The summed E-state index contributed by atoms with van der Waals surface area (Å²) in [4.78, 5) is 12.3. The Morgan fingerprint density at radius 1 is 1.15 bits per heavy atom. The molecule has 0 bridgehead atoms. The monoisotopic (exact) mass is 417 g/mol. The van der Waals surface area contributed by atoms with Crippen LogP contribution < -0.4 is 5.56 Å². The maximum absolute atomic E-state index is 12.8. The Morgan fingerprint density at radius 2 is 1.69 bits per heavy atom. The van der Waals surface area contributed by atoms with Crippen LogP contribution >= 0.6 is 23.2 Å². The summed E-state index contributed by atoms with van der Waals surface area (Å²) in [6, 6.07) is 5.68. The van der Waals surface area contributed by atoms with E-state index in [9.17, 15) is 13.2 Å². The van der Waals surface area contributed by atoms with Gasteiger partial charge in [0.2, 0.25) is 10.0 Å². The van der Waals surface area contributed by atoms with E-state index in [1.165, 1.54) is 34.8 Å². The van der Waals surface area contributed by atoms with E-state index in [4.69, 9.17) is 23.2 Å². The van der Waals surface area contributed by atoms with Crippen LogP contribution in [0.5, 0.6) is 0 Å². The summed E-state index contributed by atoms with van der Waals surface area (Å²) >= 11 is 11.6. The first kappa shape index (κ1) is 20.9. The molecule has 0 saturated carbocycles. The molecule has 142 valence electrons. The summed E-state index contributed by atoms with van der Waals surface area (Å²) in [6.07, 6.45) is 1.26. The smallest absolute Gasteiger partial charge is 0.266 e. The molecule has 2 rings (SSSR count). The van der Waals surface area contributed by atoms with Gasteiger partial charge < -0.3 is 0 Å². The van der Waals surface area contributed by atoms with Gasteiger partial charge >= 0.3 is 0 Å². The fourth-order valence-corrected chi connectivity index (χ4v) is 4.07. The summed E-state index contributed by atoms with van der Waals surface area (Å²) in [7, 11) is -2.11. The highest BCUT2D eigenvalue weighted by Gasteiger charge is 2.32. The van der Waals surface area contributed by atoms with Crippen LogP contribution in [-0.2, 0) is 10.0 Å². The second-order valence-electron chi connectivity index (χ2n) is 7.08. The van der Waals surface area contributed by atoms with Gasteiger partial charge in [-0.25, -0.2) is 8.42 Å². The second-order valence-corrected chi connectivity index (χ2v) is 9.86. The van der Waals surface area contributed by atoms with E-state index in [1.54, 1.807) is 7.05 Å². The highest BCUT2D eigenvalue weighted by atomic mass is 35.5. The van der Waals surface area contributed by atoms with Gasteiger partial charge in [-0.15, -0.1) is 0 Å². The third kappa shape index (κ3) is 3.96. The summed E-state index contributed by atoms with van der Waals surface area (Å²) in [5.41, 5.74) is -0.397. The highest BCUT2D eigenvalue weighted by molar-refractivity contribution is 7.89. The number of nitrogens with zero attached hydrogens (tertiary/aromatic N) is 3. The highest BCUT2D eigenvalue weighted by Crippen LogP contribution is 2.28. The molecule has 6 nitrogen and oxygen atoms in total. The average Bonchev–Trinajstić information content (AvgIpc) is 2.58. The molecule has 0 aliphatic heterocycles. The van der Waals surface area contributed by atoms with Crippen molar-refractivity contribution < 1.29 is 8.42 Å². The van der Waals surface area contributed by atoms with Gasteiger partial charge in [0, 0.05) is 13.1 Å². The molecule has 0 fully saturated rings. The lowest BCUT2D eigenvalue weighted by atomic mass is 9.88. The Balaban J connectivity index is 2.41. The summed E-state index contributed by atoms with van der Waals surface area (Å²) in [6.45, 7) is 7.81. The zero-order valence-electron chi connectivity index (χ0n) is 15.2. The minimum atomic E-state index is -3.67. The molecule has 0 aliphatic rings. The van der Waals surface area contributed by atoms with Crippen molar-refractivity contribution >= 4 is 33.2 Å². The molecule has 0 spiro atoms. The molecule has 0 N–H and O–H groups in total. The third-order valence-corrected chi connectivity index (χ3v) is 7.12. The minimum absolute atomic E-state index is 0.0601. The largest absolute Gasteiger partial charge is 0.291 e. The van der Waals surface area contributed by atoms with Crippen molar-refractivity contribution in [3.8, 4) is 5.69 Å². The van der Waals surface area contributed by atoms with Crippen molar-refractivity contribution in [2.75, 3.05) is 7.05 Å². The van der Waals surface area contributed by atoms with Crippen molar-refractivity contribution in [1.82, 2.24) is 14.1 Å². The van der Waals surface area contributed by atoms with Crippen molar-refractivity contribution in [3.63, 3.8) is 0 Å². The van der Waals surface area contributed by atoms with E-state index in [0.29, 0.717) is 5.69 Å². The van der Waals surface area contributed by atoms with E-state index < -0.39 is 15.6 Å². The summed E-state index contributed by atoms with van der Waals surface area (Å²) in [5, 5.41) is 3.84. The predicted octanol–water partition coefficient (Wildman–Crippen LogP) is 3.59. The quantitative estimate of drug-likeness (QED) is 0.761. The SMILES string of the molecule is C[C@H](N(C)S(=O)(=O)c1ccc(-n2ncc(Cl)c(Cl)c2=O)cc1)C(C)(C)C. The number of halogens is 2. The molecule has 1 atom stereocenters. The van der Waals surface area contributed by atoms with Crippen LogP contribution in [0.15, 0.2) is 40.2 Å². The van der Waals surface area contributed by atoms with Gasteiger partial charge in [-0.05, 0) is 36.6 Å². The van der Waals surface area contributed by atoms with Crippen molar-refractivity contribution in [2.24, 2.45) is 5.41 Å². The van der Waals surface area contributed by atoms with Crippen molar-refractivity contribution in [2.45, 2.75) is 38.6 Å². The van der Waals surface area contributed by atoms with Crippen LogP contribution in [0, 0.1) is 5.41 Å². The number of hydrogen-bond donors (Lipinski definition) is 0. The Labute approximate surface area is 163 Å². The molecule has 0 radical (unpaired) electrons. The van der Waals surface area contributed by atoms with Gasteiger partial charge in [-0.3, -0.25) is 4.79 Å². The topological polar surface area (TPSA) is 72.3 Å². The molecule has 0 saturated heterocycles. The molecule has 0 aliphatic carbocycles. The number of rotatable bonds is 4. The summed E-state index contributed by atoms with van der Waals surface area (Å²) in [5.74, 6) is 0. The first-order chi connectivity index (χ1) is 11.9. The molecular formula is C17H21Cl2N3O3S. The van der Waals surface area contributed by atoms with E-state index in [2.05, 4.69) is 5.10 Å². The van der Waals surface area contributed by atoms with Gasteiger partial charge in [-0.2, -0.15) is 14.1 Å². The van der Waals surface area contributed by atoms with Crippen LogP contribution in [0.1, 0.15) is 27.7 Å². The second kappa shape index (κ2) is 7.31. The maximum Gasteiger partial charge on any atom is 0.291 e. The molecule has 1 aromatic heterocycles. The standard InChI is InChI=1S/C17H21Cl2N3O3S/c1-11(17(2,3)4)21(5)26(24,25)13-8-6-12(7-9-13)22-16(23)15(19)14(18)10-20-22/h6-11H,1-5H3/t11-/m0/s1. The average molecular weight is 418 g/mol. The first-order valence-corrected chi connectivity index (χ1v) is 10.1. The van der Waals surface area contributed by atoms with E-state index in [-0.39, 0.29) is 26.4 Å². The van der Waals surface area contributed by atoms with Crippen LogP contribution in [-0.4, -0.2) is 35.6 Å². The predicted molar refractivity (Wildman–Crippen MR) is 104 cm³/mol. The molecule has 2 aromatic rings. The fourth-order valence-electron chi connectivity index (χ4n) is 2.28. The normalized spacial score (nSPS) is 13.8. The zero-order valence-corrected chi connectivity index (χ0v) is 17.5. The van der Waals surface area contributed by atoms with E-state index in [0.717, 1.165) is 4.68 Å². The molecule has 0 unspecified atom stereocenters. The van der Waals surface area contributed by atoms with Gasteiger partial charge in [0.1, 0.15) is 5.02 Å². The fraction of sp³-hybridized carbons (Fsp3) is 0.412. The number of hydrogen-bond acceptors (Lipinski definition) is 4. The lowest BCUT2D eigenvalue weighted by Crippen LogP contribution is -2.42. The van der Waals surface area contributed by atoms with Gasteiger partial charge in [-0.1, -0.05) is 44.0 Å². The Morgan fingerprint density at radius 3 is 2.19 bits per heavy atom. The lowest BCUT2D eigenvalue weighted by molar-refractivity contribution is 0.216. The molecule has 1 heterocycles.